The number of carbonyl (C=O) groups is 1. The van der Waals surface area contributed by atoms with Crippen molar-refractivity contribution in [1.29, 1.82) is 5.26 Å². The zero-order valence-corrected chi connectivity index (χ0v) is 17.9. The lowest BCUT2D eigenvalue weighted by Gasteiger charge is -2.43. The number of hydrogen-bond donors (Lipinski definition) is 0. The minimum Gasteiger partial charge on any atom is -0.335 e. The van der Waals surface area contributed by atoms with Gasteiger partial charge in [0.2, 0.25) is 5.91 Å². The molecule has 2 atom stereocenters. The largest absolute Gasteiger partial charge is 0.335 e. The van der Waals surface area contributed by atoms with Crippen LogP contribution in [0.1, 0.15) is 42.9 Å². The Kier molecular flexibility index (Phi) is 4.16. The molecule has 5 nitrogen and oxygen atoms in total. The zero-order chi connectivity index (χ0) is 21.2. The third-order valence-electron chi connectivity index (χ3n) is 7.74. The first-order valence-corrected chi connectivity index (χ1v) is 11.3. The van der Waals surface area contributed by atoms with Crippen LogP contribution in [0.15, 0.2) is 48.7 Å². The Bertz CT molecular complexity index is 1220. The molecule has 156 valence electrons. The van der Waals surface area contributed by atoms with Gasteiger partial charge in [-0.3, -0.25) is 9.48 Å². The molecular weight excluding hydrogens is 408 g/mol. The van der Waals surface area contributed by atoms with Crippen LogP contribution in [-0.4, -0.2) is 27.1 Å². The standard InChI is InChI=1S/C25H23ClN4O/c26-20-4-2-17(3-5-20)22-7-8-29(22)24(31)21-12-25(10-19(21)11-25)15-30-23-6-1-16(13-27)9-18(23)14-28-30/h1-6,9,14,19,21-22H,7-8,10-12,15H2/t19?,21-,22?,25?/m0/s1. The smallest absolute Gasteiger partial charge is 0.226 e. The van der Waals surface area contributed by atoms with Crippen LogP contribution in [0, 0.1) is 28.6 Å². The van der Waals surface area contributed by atoms with Crippen molar-refractivity contribution < 1.29 is 4.79 Å². The van der Waals surface area contributed by atoms with Gasteiger partial charge >= 0.3 is 0 Å². The average molecular weight is 431 g/mol. The van der Waals surface area contributed by atoms with Gasteiger partial charge in [0, 0.05) is 29.4 Å². The number of likely N-dealkylation sites (tertiary alicyclic amines) is 1. The number of nitriles is 1. The normalized spacial score (nSPS) is 28.8. The van der Waals surface area contributed by atoms with Crippen LogP contribution >= 0.6 is 11.6 Å². The summed E-state index contributed by atoms with van der Waals surface area (Å²) in [7, 11) is 0. The minimum absolute atomic E-state index is 0.141. The van der Waals surface area contributed by atoms with Crippen LogP contribution in [0.2, 0.25) is 5.02 Å². The van der Waals surface area contributed by atoms with Crippen LogP contribution < -0.4 is 0 Å². The maximum Gasteiger partial charge on any atom is 0.226 e. The molecule has 1 aliphatic heterocycles. The van der Waals surface area contributed by atoms with E-state index in [9.17, 15) is 4.79 Å². The fourth-order valence-corrected chi connectivity index (χ4v) is 6.24. The molecule has 2 heterocycles. The molecule has 2 aromatic carbocycles. The lowest BCUT2D eigenvalue weighted by Crippen LogP contribution is -2.48. The number of fused-ring (bicyclic) bond motifs is 2. The molecule has 3 saturated carbocycles. The fourth-order valence-electron chi connectivity index (χ4n) is 6.12. The molecule has 1 aromatic heterocycles. The molecule has 6 heteroatoms. The van der Waals surface area contributed by atoms with E-state index in [1.54, 1.807) is 0 Å². The Labute approximate surface area is 186 Å². The molecule has 0 N–H and O–H groups in total. The molecule has 3 aromatic rings. The third-order valence-corrected chi connectivity index (χ3v) is 8.00. The number of amides is 1. The highest BCUT2D eigenvalue weighted by molar-refractivity contribution is 6.30. The number of hydrogen-bond acceptors (Lipinski definition) is 3. The van der Waals surface area contributed by atoms with Crippen molar-refractivity contribution in [3.63, 3.8) is 0 Å². The molecule has 4 aliphatic rings. The summed E-state index contributed by atoms with van der Waals surface area (Å²) >= 11 is 6.03. The van der Waals surface area contributed by atoms with Crippen molar-refractivity contribution in [2.45, 2.75) is 38.3 Å². The molecule has 0 spiro atoms. The zero-order valence-electron chi connectivity index (χ0n) is 17.2. The van der Waals surface area contributed by atoms with Gasteiger partial charge in [-0.15, -0.1) is 0 Å². The van der Waals surface area contributed by atoms with E-state index in [2.05, 4.69) is 20.7 Å². The summed E-state index contributed by atoms with van der Waals surface area (Å²) < 4.78 is 2.07. The lowest BCUT2D eigenvalue weighted by molar-refractivity contribution is -0.144. The number of aromatic nitrogens is 2. The van der Waals surface area contributed by atoms with E-state index in [4.69, 9.17) is 16.9 Å². The van der Waals surface area contributed by atoms with Gasteiger partial charge in [-0.05, 0) is 72.9 Å². The second kappa shape index (κ2) is 6.83. The number of nitrogens with zero attached hydrogens (tertiary/aromatic N) is 4. The van der Waals surface area contributed by atoms with Crippen molar-refractivity contribution in [2.75, 3.05) is 6.54 Å². The molecule has 31 heavy (non-hydrogen) atoms. The van der Waals surface area contributed by atoms with Gasteiger partial charge in [0.15, 0.2) is 0 Å². The molecular formula is C25H23ClN4O. The summed E-state index contributed by atoms with van der Waals surface area (Å²) in [4.78, 5) is 15.5. The van der Waals surface area contributed by atoms with E-state index < -0.39 is 0 Å². The van der Waals surface area contributed by atoms with Gasteiger partial charge in [0.25, 0.3) is 0 Å². The quantitative estimate of drug-likeness (QED) is 0.588. The second-order valence-electron chi connectivity index (χ2n) is 9.55. The predicted octanol–water partition coefficient (Wildman–Crippen LogP) is 4.95. The summed E-state index contributed by atoms with van der Waals surface area (Å²) in [6, 6.07) is 16.0. The number of benzene rings is 2. The summed E-state index contributed by atoms with van der Waals surface area (Å²) in [6.07, 6.45) is 6.05. The van der Waals surface area contributed by atoms with Crippen molar-refractivity contribution in [1.82, 2.24) is 14.7 Å². The van der Waals surface area contributed by atoms with Crippen molar-refractivity contribution in [3.8, 4) is 6.07 Å². The van der Waals surface area contributed by atoms with Crippen LogP contribution in [0.4, 0.5) is 0 Å². The summed E-state index contributed by atoms with van der Waals surface area (Å²) in [6.45, 7) is 1.71. The van der Waals surface area contributed by atoms with Crippen molar-refractivity contribution in [3.05, 3.63) is 64.8 Å². The molecule has 4 fully saturated rings. The first-order chi connectivity index (χ1) is 15.0. The molecule has 1 saturated heterocycles. The molecule has 7 rings (SSSR count). The maximum absolute atomic E-state index is 13.4. The van der Waals surface area contributed by atoms with Gasteiger partial charge < -0.3 is 4.90 Å². The number of carbonyl (C=O) groups excluding carboxylic acids is 1. The Morgan fingerprint density at radius 2 is 2.00 bits per heavy atom. The molecule has 1 unspecified atom stereocenters. The Morgan fingerprint density at radius 1 is 1.19 bits per heavy atom. The van der Waals surface area contributed by atoms with Gasteiger partial charge in [0.05, 0.1) is 29.4 Å². The van der Waals surface area contributed by atoms with E-state index >= 15 is 0 Å². The van der Waals surface area contributed by atoms with E-state index in [-0.39, 0.29) is 17.4 Å². The van der Waals surface area contributed by atoms with E-state index in [0.717, 1.165) is 54.7 Å². The first kappa shape index (κ1) is 18.9. The van der Waals surface area contributed by atoms with Crippen LogP contribution in [-0.2, 0) is 11.3 Å². The molecule has 0 radical (unpaired) electrons. The van der Waals surface area contributed by atoms with Crippen LogP contribution in [0.3, 0.4) is 0 Å². The second-order valence-corrected chi connectivity index (χ2v) is 9.99. The lowest BCUT2D eigenvalue weighted by atomic mass is 9.69. The maximum atomic E-state index is 13.4. The number of halogens is 1. The van der Waals surface area contributed by atoms with Gasteiger partial charge in [-0.2, -0.15) is 10.4 Å². The Hall–Kier alpha value is -2.84. The van der Waals surface area contributed by atoms with Crippen molar-refractivity contribution >= 4 is 28.4 Å². The van der Waals surface area contributed by atoms with Crippen molar-refractivity contribution in [2.24, 2.45) is 17.3 Å². The summed E-state index contributed by atoms with van der Waals surface area (Å²) in [5.41, 5.74) is 3.09. The topological polar surface area (TPSA) is 61.9 Å². The van der Waals surface area contributed by atoms with E-state index in [0.29, 0.717) is 17.4 Å². The molecule has 1 amide bonds. The first-order valence-electron chi connectivity index (χ1n) is 11.0. The SMILES string of the molecule is N#Cc1ccc2c(cnn2CC23CC(C2)[C@@H](C(=O)N2CCC2c2ccc(Cl)cc2)C3)c1. The average Bonchev–Trinajstić information content (AvgIpc) is 3.40. The molecule has 2 bridgehead atoms. The Balaban J connectivity index is 1.17. The van der Waals surface area contributed by atoms with Crippen LogP contribution in [0.5, 0.6) is 0 Å². The highest BCUT2D eigenvalue weighted by atomic mass is 35.5. The highest BCUT2D eigenvalue weighted by Crippen LogP contribution is 2.63. The van der Waals surface area contributed by atoms with E-state index in [1.165, 1.54) is 5.56 Å². The van der Waals surface area contributed by atoms with Gasteiger partial charge in [-0.1, -0.05) is 23.7 Å². The molecule has 3 aliphatic carbocycles. The summed E-state index contributed by atoms with van der Waals surface area (Å²) in [5, 5.41) is 15.4. The van der Waals surface area contributed by atoms with Gasteiger partial charge in [0.1, 0.15) is 0 Å². The van der Waals surface area contributed by atoms with Gasteiger partial charge in [-0.25, -0.2) is 0 Å². The fraction of sp³-hybridized carbons (Fsp3) is 0.400. The highest BCUT2D eigenvalue weighted by Gasteiger charge is 2.59. The Morgan fingerprint density at radius 3 is 2.71 bits per heavy atom. The number of rotatable bonds is 4. The predicted molar refractivity (Wildman–Crippen MR) is 118 cm³/mol. The monoisotopic (exact) mass is 430 g/mol. The van der Waals surface area contributed by atoms with E-state index in [1.807, 2.05) is 48.7 Å². The third kappa shape index (κ3) is 2.96. The van der Waals surface area contributed by atoms with Crippen LogP contribution in [0.25, 0.3) is 10.9 Å². The minimum atomic E-state index is 0.141. The summed E-state index contributed by atoms with van der Waals surface area (Å²) in [5.74, 6) is 0.979.